The predicted molar refractivity (Wildman–Crippen MR) is 130 cm³/mol. The van der Waals surface area contributed by atoms with E-state index in [1.165, 1.54) is 4.90 Å². The standard InChI is InChI=1S/C23H20BrClN2O3S/c1-14(2)27-22(28)21(31-23(27)29)11-15-13-26(19-8-7-16(24)12-17(15)19)9-10-30-20-6-4-3-5-18(20)25/h3-8,11-14H,9-10H2,1-2H3/b21-11-. The van der Waals surface area contributed by atoms with Crippen molar-refractivity contribution in [3.63, 3.8) is 0 Å². The Morgan fingerprint density at radius 1 is 1.19 bits per heavy atom. The van der Waals surface area contributed by atoms with Crippen LogP contribution < -0.4 is 4.74 Å². The number of aromatic nitrogens is 1. The van der Waals surface area contributed by atoms with Crippen molar-refractivity contribution in [3.8, 4) is 5.75 Å². The molecule has 2 aromatic carbocycles. The van der Waals surface area contributed by atoms with Crippen molar-refractivity contribution in [2.45, 2.75) is 26.4 Å². The van der Waals surface area contributed by atoms with E-state index >= 15 is 0 Å². The molecule has 2 amide bonds. The van der Waals surface area contributed by atoms with Crippen molar-refractivity contribution in [3.05, 3.63) is 68.6 Å². The topological polar surface area (TPSA) is 51.5 Å². The molecule has 1 aliphatic heterocycles. The summed E-state index contributed by atoms with van der Waals surface area (Å²) in [5, 5.41) is 1.33. The molecular formula is C23H20BrClN2O3S. The van der Waals surface area contributed by atoms with Gasteiger partial charge in [0.05, 0.1) is 16.5 Å². The molecule has 1 aromatic heterocycles. The van der Waals surface area contributed by atoms with Crippen LogP contribution in [-0.4, -0.2) is 33.3 Å². The predicted octanol–water partition coefficient (Wildman–Crippen LogP) is 6.58. The Balaban J connectivity index is 1.63. The first-order chi connectivity index (χ1) is 14.8. The van der Waals surface area contributed by atoms with Crippen LogP contribution in [-0.2, 0) is 11.3 Å². The Morgan fingerprint density at radius 2 is 1.97 bits per heavy atom. The zero-order valence-corrected chi connectivity index (χ0v) is 20.1. The Bertz CT molecular complexity index is 1200. The maximum absolute atomic E-state index is 12.7. The van der Waals surface area contributed by atoms with Gasteiger partial charge in [-0.15, -0.1) is 0 Å². The second-order valence-corrected chi connectivity index (χ2v) is 9.68. The average molecular weight is 520 g/mol. The summed E-state index contributed by atoms with van der Waals surface area (Å²) in [6, 6.07) is 13.2. The first kappa shape index (κ1) is 22.0. The van der Waals surface area contributed by atoms with Crippen molar-refractivity contribution >= 4 is 67.4 Å². The van der Waals surface area contributed by atoms with Crippen LogP contribution in [0.3, 0.4) is 0 Å². The number of carbonyl (C=O) groups is 2. The van der Waals surface area contributed by atoms with Crippen molar-refractivity contribution < 1.29 is 14.3 Å². The fourth-order valence-corrected chi connectivity index (χ4v) is 4.98. The van der Waals surface area contributed by atoms with Crippen LogP contribution in [0.25, 0.3) is 17.0 Å². The third kappa shape index (κ3) is 4.54. The molecule has 0 radical (unpaired) electrons. The lowest BCUT2D eigenvalue weighted by atomic mass is 10.1. The highest BCUT2D eigenvalue weighted by Gasteiger charge is 2.36. The van der Waals surface area contributed by atoms with Crippen molar-refractivity contribution in [2.75, 3.05) is 6.61 Å². The Hall–Kier alpha value is -2.22. The van der Waals surface area contributed by atoms with E-state index in [0.29, 0.717) is 28.8 Å². The highest BCUT2D eigenvalue weighted by molar-refractivity contribution is 9.10. The van der Waals surface area contributed by atoms with E-state index in [-0.39, 0.29) is 17.2 Å². The quantitative estimate of drug-likeness (QED) is 0.345. The molecule has 160 valence electrons. The van der Waals surface area contributed by atoms with Gasteiger partial charge in [-0.1, -0.05) is 39.7 Å². The van der Waals surface area contributed by atoms with Gasteiger partial charge in [0.2, 0.25) is 0 Å². The van der Waals surface area contributed by atoms with E-state index in [9.17, 15) is 9.59 Å². The fraction of sp³-hybridized carbons (Fsp3) is 0.217. The second-order valence-electron chi connectivity index (χ2n) is 7.36. The summed E-state index contributed by atoms with van der Waals surface area (Å²) in [7, 11) is 0. The minimum Gasteiger partial charge on any atom is -0.490 e. The number of imide groups is 1. The largest absolute Gasteiger partial charge is 0.490 e. The van der Waals surface area contributed by atoms with Gasteiger partial charge in [0.25, 0.3) is 11.1 Å². The summed E-state index contributed by atoms with van der Waals surface area (Å²) in [4.78, 5) is 26.7. The van der Waals surface area contributed by atoms with Gasteiger partial charge in [-0.3, -0.25) is 14.5 Å². The number of fused-ring (bicyclic) bond motifs is 1. The highest BCUT2D eigenvalue weighted by atomic mass is 79.9. The molecule has 2 heterocycles. The zero-order valence-electron chi connectivity index (χ0n) is 17.0. The summed E-state index contributed by atoms with van der Waals surface area (Å²) in [6.45, 7) is 4.71. The summed E-state index contributed by atoms with van der Waals surface area (Å²) >= 11 is 10.7. The van der Waals surface area contributed by atoms with Gasteiger partial charge in [0.15, 0.2) is 0 Å². The third-order valence-electron chi connectivity index (χ3n) is 4.93. The smallest absolute Gasteiger partial charge is 0.293 e. The second kappa shape index (κ2) is 9.10. The Kier molecular flexibility index (Phi) is 6.46. The van der Waals surface area contributed by atoms with Crippen LogP contribution in [0, 0.1) is 0 Å². The molecule has 1 saturated heterocycles. The number of halogens is 2. The van der Waals surface area contributed by atoms with Gasteiger partial charge >= 0.3 is 0 Å². The zero-order chi connectivity index (χ0) is 22.1. The Labute approximate surface area is 198 Å². The van der Waals surface area contributed by atoms with Gasteiger partial charge in [0.1, 0.15) is 12.4 Å². The molecule has 0 unspecified atom stereocenters. The molecule has 1 aliphatic rings. The number of ether oxygens (including phenoxy) is 1. The number of amides is 2. The number of hydrogen-bond acceptors (Lipinski definition) is 4. The fourth-order valence-electron chi connectivity index (χ4n) is 3.48. The average Bonchev–Trinajstić information content (AvgIpc) is 3.19. The molecular weight excluding hydrogens is 500 g/mol. The molecule has 0 atom stereocenters. The van der Waals surface area contributed by atoms with E-state index in [1.54, 1.807) is 12.1 Å². The van der Waals surface area contributed by atoms with Gasteiger partial charge in [-0.2, -0.15) is 0 Å². The lowest BCUT2D eigenvalue weighted by Crippen LogP contribution is -2.34. The number of rotatable bonds is 6. The molecule has 0 spiro atoms. The molecule has 1 fully saturated rings. The maximum atomic E-state index is 12.7. The first-order valence-electron chi connectivity index (χ1n) is 9.78. The molecule has 0 bridgehead atoms. The number of carbonyl (C=O) groups excluding carboxylic acids is 2. The van der Waals surface area contributed by atoms with Gasteiger partial charge in [-0.25, -0.2) is 0 Å². The van der Waals surface area contributed by atoms with E-state index < -0.39 is 0 Å². The molecule has 0 N–H and O–H groups in total. The SMILES string of the molecule is CC(C)N1C(=O)S/C(=C\c2cn(CCOc3ccccc3Cl)c3ccc(Br)cc23)C1=O. The summed E-state index contributed by atoms with van der Waals surface area (Å²) in [5.74, 6) is 0.397. The first-order valence-corrected chi connectivity index (χ1v) is 11.8. The van der Waals surface area contributed by atoms with Gasteiger partial charge in [0, 0.05) is 33.2 Å². The van der Waals surface area contributed by atoms with E-state index in [2.05, 4.69) is 20.5 Å². The number of para-hydroxylation sites is 1. The summed E-state index contributed by atoms with van der Waals surface area (Å²) in [5.41, 5.74) is 1.89. The van der Waals surface area contributed by atoms with Crippen molar-refractivity contribution in [1.29, 1.82) is 0 Å². The summed E-state index contributed by atoms with van der Waals surface area (Å²) in [6.07, 6.45) is 3.78. The van der Waals surface area contributed by atoms with E-state index in [1.807, 2.05) is 56.4 Å². The van der Waals surface area contributed by atoms with Crippen LogP contribution in [0.15, 0.2) is 58.0 Å². The number of benzene rings is 2. The lowest BCUT2D eigenvalue weighted by Gasteiger charge is -2.16. The normalized spacial score (nSPS) is 15.6. The molecule has 31 heavy (non-hydrogen) atoms. The third-order valence-corrected chi connectivity index (χ3v) is 6.62. The Morgan fingerprint density at radius 3 is 2.68 bits per heavy atom. The van der Waals surface area contributed by atoms with Gasteiger partial charge in [-0.05, 0) is 62.0 Å². The van der Waals surface area contributed by atoms with E-state index in [4.69, 9.17) is 16.3 Å². The monoisotopic (exact) mass is 518 g/mol. The molecule has 4 rings (SSSR count). The van der Waals surface area contributed by atoms with Crippen molar-refractivity contribution in [1.82, 2.24) is 9.47 Å². The van der Waals surface area contributed by atoms with Crippen LogP contribution in [0.2, 0.25) is 5.02 Å². The molecule has 0 saturated carbocycles. The molecule has 8 heteroatoms. The molecule has 5 nitrogen and oxygen atoms in total. The number of hydrogen-bond donors (Lipinski definition) is 0. The van der Waals surface area contributed by atoms with Crippen LogP contribution in [0.4, 0.5) is 4.79 Å². The van der Waals surface area contributed by atoms with Crippen LogP contribution >= 0.6 is 39.3 Å². The minimum absolute atomic E-state index is 0.171. The van der Waals surface area contributed by atoms with Crippen LogP contribution in [0.5, 0.6) is 5.75 Å². The van der Waals surface area contributed by atoms with E-state index in [0.717, 1.165) is 32.7 Å². The number of nitrogens with zero attached hydrogens (tertiary/aromatic N) is 2. The molecule has 0 aliphatic carbocycles. The molecule has 3 aromatic rings. The van der Waals surface area contributed by atoms with Crippen molar-refractivity contribution in [2.24, 2.45) is 0 Å². The lowest BCUT2D eigenvalue weighted by molar-refractivity contribution is -0.123. The highest BCUT2D eigenvalue weighted by Crippen LogP contribution is 2.35. The maximum Gasteiger partial charge on any atom is 0.293 e. The van der Waals surface area contributed by atoms with Crippen LogP contribution in [0.1, 0.15) is 19.4 Å². The van der Waals surface area contributed by atoms with Gasteiger partial charge < -0.3 is 9.30 Å². The summed E-state index contributed by atoms with van der Waals surface area (Å²) < 4.78 is 8.86. The minimum atomic E-state index is -0.247. The number of thioether (sulfide) groups is 1.